The summed E-state index contributed by atoms with van der Waals surface area (Å²) in [7, 11) is 0. The minimum Gasteiger partial charge on any atom is -0.352 e. The van der Waals surface area contributed by atoms with Crippen molar-refractivity contribution < 1.29 is 13.2 Å². The molecule has 7 heteroatoms. The molecule has 0 bridgehead atoms. The van der Waals surface area contributed by atoms with Crippen LogP contribution in [0.1, 0.15) is 6.42 Å². The van der Waals surface area contributed by atoms with E-state index in [1.807, 2.05) is 11.0 Å². The molecule has 1 aromatic heterocycles. The first-order valence-corrected chi connectivity index (χ1v) is 6.79. The first-order chi connectivity index (χ1) is 8.38. The van der Waals surface area contributed by atoms with Crippen LogP contribution in [0.3, 0.4) is 0 Å². The van der Waals surface area contributed by atoms with E-state index in [0.29, 0.717) is 12.4 Å². The fourth-order valence-corrected chi connectivity index (χ4v) is 3.00. The molecule has 1 aliphatic heterocycles. The van der Waals surface area contributed by atoms with Crippen LogP contribution in [0.5, 0.6) is 0 Å². The molecule has 2 heterocycles. The third-order valence-electron chi connectivity index (χ3n) is 2.66. The Morgan fingerprint density at radius 1 is 1.28 bits per heavy atom. The van der Waals surface area contributed by atoms with Crippen LogP contribution in [0.25, 0.3) is 0 Å². The van der Waals surface area contributed by atoms with Gasteiger partial charge in [-0.05, 0) is 44.3 Å². The largest absolute Gasteiger partial charge is 0.412 e. The second-order valence-electron chi connectivity index (χ2n) is 3.88. The summed E-state index contributed by atoms with van der Waals surface area (Å²) in [5, 5.41) is 0. The van der Waals surface area contributed by atoms with Crippen LogP contribution in [-0.2, 0) is 0 Å². The summed E-state index contributed by atoms with van der Waals surface area (Å²) < 4.78 is 39.0. The maximum atomic E-state index is 12.5. The first kappa shape index (κ1) is 13.9. The Bertz CT molecular complexity index is 486. The average Bonchev–Trinajstić information content (AvgIpc) is 2.28. The van der Waals surface area contributed by atoms with Gasteiger partial charge in [0.15, 0.2) is 0 Å². The molecule has 0 N–H and O–H groups in total. The minimum absolute atomic E-state index is 0.00627. The summed E-state index contributed by atoms with van der Waals surface area (Å²) in [5.74, 6) is 0.663. The lowest BCUT2D eigenvalue weighted by atomic mass is 10.1. The van der Waals surface area contributed by atoms with Crippen molar-refractivity contribution >= 4 is 37.7 Å². The molecular formula is C11H9Br2F3N2. The van der Waals surface area contributed by atoms with Crippen LogP contribution >= 0.6 is 31.9 Å². The maximum absolute atomic E-state index is 12.5. The third kappa shape index (κ3) is 3.06. The minimum atomic E-state index is -4.21. The van der Waals surface area contributed by atoms with Gasteiger partial charge in [0.05, 0.1) is 4.47 Å². The summed E-state index contributed by atoms with van der Waals surface area (Å²) in [5.41, 5.74) is -0.452. The van der Waals surface area contributed by atoms with Gasteiger partial charge in [-0.15, -0.1) is 0 Å². The second-order valence-corrected chi connectivity index (χ2v) is 5.65. The number of hydrogen-bond acceptors (Lipinski definition) is 2. The van der Waals surface area contributed by atoms with Gasteiger partial charge in [0.25, 0.3) is 0 Å². The summed E-state index contributed by atoms with van der Waals surface area (Å²) >= 11 is 6.64. The highest BCUT2D eigenvalue weighted by molar-refractivity contribution is 9.11. The highest BCUT2D eigenvalue weighted by atomic mass is 79.9. The molecule has 2 nitrogen and oxygen atoms in total. The van der Waals surface area contributed by atoms with Crippen LogP contribution in [0.2, 0.25) is 0 Å². The van der Waals surface area contributed by atoms with E-state index in [9.17, 15) is 13.2 Å². The number of alkyl halides is 3. The number of halogens is 5. The van der Waals surface area contributed by atoms with Gasteiger partial charge in [0.2, 0.25) is 0 Å². The van der Waals surface area contributed by atoms with Crippen LogP contribution in [0, 0.1) is 0 Å². The molecule has 2 rings (SSSR count). The Hall–Kier alpha value is -0.560. The van der Waals surface area contributed by atoms with Crippen molar-refractivity contribution in [1.82, 2.24) is 4.98 Å². The SMILES string of the molecule is FC(F)(F)C1=CCN(c2ncc(Br)cc2Br)CC1. The molecule has 98 valence electrons. The van der Waals surface area contributed by atoms with E-state index in [-0.39, 0.29) is 13.0 Å². The van der Waals surface area contributed by atoms with E-state index in [0.717, 1.165) is 8.95 Å². The zero-order valence-electron chi connectivity index (χ0n) is 9.14. The highest BCUT2D eigenvalue weighted by Crippen LogP contribution is 2.33. The predicted octanol–water partition coefficient (Wildman–Crippen LogP) is 4.31. The number of rotatable bonds is 1. The molecule has 0 saturated heterocycles. The monoisotopic (exact) mass is 384 g/mol. The van der Waals surface area contributed by atoms with Gasteiger partial charge in [0, 0.05) is 29.3 Å². The molecule has 0 amide bonds. The molecule has 0 fully saturated rings. The maximum Gasteiger partial charge on any atom is 0.412 e. The molecule has 0 aromatic carbocycles. The standard InChI is InChI=1S/C11H9Br2F3N2/c12-8-5-9(13)10(17-6-8)18-3-1-7(2-4-18)11(14,15)16/h1,5-6H,2-4H2. The molecule has 0 atom stereocenters. The summed E-state index contributed by atoms with van der Waals surface area (Å²) in [6.07, 6.45) is -1.37. The normalized spacial score (nSPS) is 16.7. The van der Waals surface area contributed by atoms with Gasteiger partial charge < -0.3 is 4.90 Å². The van der Waals surface area contributed by atoms with Crippen molar-refractivity contribution in [2.24, 2.45) is 0 Å². The van der Waals surface area contributed by atoms with E-state index in [2.05, 4.69) is 36.8 Å². The third-order valence-corrected chi connectivity index (χ3v) is 3.68. The quantitative estimate of drug-likeness (QED) is 0.670. The van der Waals surface area contributed by atoms with Gasteiger partial charge in [-0.3, -0.25) is 0 Å². The number of anilines is 1. The fourth-order valence-electron chi connectivity index (χ4n) is 1.76. The lowest BCUT2D eigenvalue weighted by Crippen LogP contribution is -2.32. The van der Waals surface area contributed by atoms with Crippen LogP contribution in [0.4, 0.5) is 19.0 Å². The van der Waals surface area contributed by atoms with Gasteiger partial charge >= 0.3 is 6.18 Å². The van der Waals surface area contributed by atoms with Crippen molar-refractivity contribution in [3.05, 3.63) is 32.9 Å². The molecule has 0 radical (unpaired) electrons. The van der Waals surface area contributed by atoms with E-state index < -0.39 is 11.7 Å². The molecule has 0 unspecified atom stereocenters. The summed E-state index contributed by atoms with van der Waals surface area (Å²) in [4.78, 5) is 6.02. The summed E-state index contributed by atoms with van der Waals surface area (Å²) in [6, 6.07) is 1.82. The molecule has 1 aromatic rings. The van der Waals surface area contributed by atoms with Gasteiger partial charge in [-0.1, -0.05) is 6.08 Å². The predicted molar refractivity (Wildman–Crippen MR) is 70.6 cm³/mol. The van der Waals surface area contributed by atoms with E-state index in [1.54, 1.807) is 6.20 Å². The van der Waals surface area contributed by atoms with E-state index in [4.69, 9.17) is 0 Å². The molecular weight excluding hydrogens is 377 g/mol. The first-order valence-electron chi connectivity index (χ1n) is 5.20. The van der Waals surface area contributed by atoms with Crippen molar-refractivity contribution in [1.29, 1.82) is 0 Å². The summed E-state index contributed by atoms with van der Waals surface area (Å²) in [6.45, 7) is 0.542. The Balaban J connectivity index is 2.17. The average molecular weight is 386 g/mol. The second kappa shape index (κ2) is 5.21. The molecule has 0 saturated carbocycles. The molecule has 1 aliphatic rings. The van der Waals surface area contributed by atoms with Crippen LogP contribution in [0.15, 0.2) is 32.9 Å². The van der Waals surface area contributed by atoms with Crippen molar-refractivity contribution in [2.45, 2.75) is 12.6 Å². The molecule has 0 aliphatic carbocycles. The number of hydrogen-bond donors (Lipinski definition) is 0. The lowest BCUT2D eigenvalue weighted by molar-refractivity contribution is -0.0944. The van der Waals surface area contributed by atoms with Gasteiger partial charge in [-0.2, -0.15) is 13.2 Å². The van der Waals surface area contributed by atoms with Crippen molar-refractivity contribution in [3.63, 3.8) is 0 Å². The van der Waals surface area contributed by atoms with Crippen molar-refractivity contribution in [2.75, 3.05) is 18.0 Å². The Kier molecular flexibility index (Phi) is 4.01. The van der Waals surface area contributed by atoms with Crippen molar-refractivity contribution in [3.8, 4) is 0 Å². The van der Waals surface area contributed by atoms with Crippen LogP contribution < -0.4 is 4.90 Å². The van der Waals surface area contributed by atoms with Crippen LogP contribution in [-0.4, -0.2) is 24.2 Å². The zero-order chi connectivity index (χ0) is 13.3. The molecule has 18 heavy (non-hydrogen) atoms. The molecule has 0 spiro atoms. The van der Waals surface area contributed by atoms with Gasteiger partial charge in [-0.25, -0.2) is 4.98 Å². The zero-order valence-corrected chi connectivity index (χ0v) is 12.3. The lowest BCUT2D eigenvalue weighted by Gasteiger charge is -2.28. The van der Waals surface area contributed by atoms with Gasteiger partial charge in [0.1, 0.15) is 5.82 Å². The number of nitrogens with zero attached hydrogens (tertiary/aromatic N) is 2. The number of pyridine rings is 1. The Morgan fingerprint density at radius 3 is 2.50 bits per heavy atom. The van der Waals surface area contributed by atoms with E-state index in [1.165, 1.54) is 6.08 Å². The topological polar surface area (TPSA) is 16.1 Å². The Labute approximate surface area is 119 Å². The fraction of sp³-hybridized carbons (Fsp3) is 0.364. The Morgan fingerprint density at radius 2 is 2.00 bits per heavy atom. The highest BCUT2D eigenvalue weighted by Gasteiger charge is 2.35. The smallest absolute Gasteiger partial charge is 0.352 e. The van der Waals surface area contributed by atoms with E-state index >= 15 is 0 Å². The number of aromatic nitrogens is 1.